The number of hydrogen-bond donors (Lipinski definition) is 2. The second kappa shape index (κ2) is 7.61. The summed E-state index contributed by atoms with van der Waals surface area (Å²) in [7, 11) is 0. The quantitative estimate of drug-likeness (QED) is 0.710. The molecule has 0 fully saturated rings. The monoisotopic (exact) mass is 365 g/mol. The second-order valence-corrected chi connectivity index (χ2v) is 6.63. The molecule has 0 radical (unpaired) electrons. The summed E-state index contributed by atoms with van der Waals surface area (Å²) in [5.41, 5.74) is 4.09. The predicted molar refractivity (Wildman–Crippen MR) is 100 cm³/mol. The maximum Gasteiger partial charge on any atom is 0.276 e. The van der Waals surface area contributed by atoms with Crippen molar-refractivity contribution in [1.29, 1.82) is 0 Å². The molecule has 0 saturated heterocycles. The normalized spacial score (nSPS) is 13.1. The minimum absolute atomic E-state index is 0.218. The second-order valence-electron chi connectivity index (χ2n) is 6.63. The topological polar surface area (TPSA) is 67.0 Å². The average molecular weight is 365 g/mol. The third-order valence-electron chi connectivity index (χ3n) is 4.68. The molecule has 4 rings (SSSR count). The minimum atomic E-state index is -0.274. The average Bonchev–Trinajstić information content (AvgIpc) is 3.12. The number of H-pyrrole nitrogens is 1. The van der Waals surface area contributed by atoms with Crippen LogP contribution in [0.2, 0.25) is 0 Å². The molecule has 1 aliphatic rings. The van der Waals surface area contributed by atoms with E-state index in [2.05, 4.69) is 15.5 Å². The molecule has 0 spiro atoms. The first-order chi connectivity index (χ1) is 13.2. The summed E-state index contributed by atoms with van der Waals surface area (Å²) < 4.78 is 18.7. The van der Waals surface area contributed by atoms with Gasteiger partial charge in [0.25, 0.3) is 5.91 Å². The van der Waals surface area contributed by atoms with Crippen molar-refractivity contribution in [3.63, 3.8) is 0 Å². The van der Waals surface area contributed by atoms with Crippen LogP contribution in [0.15, 0.2) is 48.5 Å². The lowest BCUT2D eigenvalue weighted by Crippen LogP contribution is -2.15. The van der Waals surface area contributed by atoms with Crippen LogP contribution < -0.4 is 10.1 Å². The van der Waals surface area contributed by atoms with Gasteiger partial charge in [-0.05, 0) is 55.5 Å². The third kappa shape index (κ3) is 4.00. The van der Waals surface area contributed by atoms with Gasteiger partial charge in [-0.3, -0.25) is 9.89 Å². The van der Waals surface area contributed by atoms with Crippen molar-refractivity contribution in [3.05, 3.63) is 76.9 Å². The van der Waals surface area contributed by atoms with Gasteiger partial charge in [-0.15, -0.1) is 0 Å². The number of nitrogens with one attached hydrogen (secondary N) is 2. The van der Waals surface area contributed by atoms with E-state index in [4.69, 9.17) is 4.74 Å². The third-order valence-corrected chi connectivity index (χ3v) is 4.68. The number of rotatable bonds is 5. The van der Waals surface area contributed by atoms with Gasteiger partial charge in [-0.1, -0.05) is 18.2 Å². The Morgan fingerprint density at radius 3 is 2.81 bits per heavy atom. The Balaban J connectivity index is 1.42. The summed E-state index contributed by atoms with van der Waals surface area (Å²) >= 11 is 0. The van der Waals surface area contributed by atoms with Crippen LogP contribution in [0.5, 0.6) is 5.75 Å². The fourth-order valence-electron chi connectivity index (χ4n) is 3.27. The highest BCUT2D eigenvalue weighted by molar-refractivity contribution is 6.04. The number of hydrogen-bond acceptors (Lipinski definition) is 3. The molecule has 1 amide bonds. The largest absolute Gasteiger partial charge is 0.489 e. The Hall–Kier alpha value is -3.15. The molecule has 0 unspecified atom stereocenters. The number of nitrogens with zero attached hydrogens (tertiary/aromatic N) is 1. The summed E-state index contributed by atoms with van der Waals surface area (Å²) in [5, 5.41) is 10.1. The van der Waals surface area contributed by atoms with Gasteiger partial charge in [0.2, 0.25) is 0 Å². The van der Waals surface area contributed by atoms with Crippen molar-refractivity contribution < 1.29 is 13.9 Å². The lowest BCUT2D eigenvalue weighted by atomic mass is 9.96. The van der Waals surface area contributed by atoms with Gasteiger partial charge in [0, 0.05) is 23.0 Å². The molecule has 3 aromatic rings. The molecule has 138 valence electrons. The van der Waals surface area contributed by atoms with Crippen molar-refractivity contribution in [2.45, 2.75) is 32.3 Å². The summed E-state index contributed by atoms with van der Waals surface area (Å²) in [6.45, 7) is 0.324. The number of halogens is 1. The summed E-state index contributed by atoms with van der Waals surface area (Å²) in [6, 6.07) is 13.4. The number of aryl methyl sites for hydroxylation is 1. The molecule has 2 N–H and O–H groups in total. The summed E-state index contributed by atoms with van der Waals surface area (Å²) in [4.78, 5) is 12.6. The number of aromatic amines is 1. The van der Waals surface area contributed by atoms with E-state index in [1.54, 1.807) is 18.2 Å². The van der Waals surface area contributed by atoms with E-state index < -0.39 is 0 Å². The maximum atomic E-state index is 13.0. The molecule has 27 heavy (non-hydrogen) atoms. The van der Waals surface area contributed by atoms with Gasteiger partial charge in [-0.2, -0.15) is 5.10 Å². The van der Waals surface area contributed by atoms with Crippen molar-refractivity contribution in [1.82, 2.24) is 10.2 Å². The molecule has 2 aromatic carbocycles. The molecular formula is C21H20FN3O2. The van der Waals surface area contributed by atoms with E-state index >= 15 is 0 Å². The Kier molecular flexibility index (Phi) is 4.87. The van der Waals surface area contributed by atoms with Gasteiger partial charge in [-0.25, -0.2) is 4.39 Å². The molecule has 0 bridgehead atoms. The Morgan fingerprint density at radius 2 is 1.96 bits per heavy atom. The van der Waals surface area contributed by atoms with Crippen molar-refractivity contribution in [3.8, 4) is 5.75 Å². The fourth-order valence-corrected chi connectivity index (χ4v) is 3.27. The Morgan fingerprint density at radius 1 is 1.15 bits per heavy atom. The van der Waals surface area contributed by atoms with Crippen LogP contribution in [0.4, 0.5) is 10.1 Å². The van der Waals surface area contributed by atoms with Gasteiger partial charge in [0.15, 0.2) is 5.69 Å². The summed E-state index contributed by atoms with van der Waals surface area (Å²) in [5.74, 6) is 0.135. The molecule has 1 aromatic heterocycles. The maximum absolute atomic E-state index is 13.0. The van der Waals surface area contributed by atoms with Gasteiger partial charge >= 0.3 is 0 Å². The van der Waals surface area contributed by atoms with E-state index in [0.717, 1.165) is 42.5 Å². The zero-order valence-corrected chi connectivity index (χ0v) is 14.8. The highest BCUT2D eigenvalue weighted by atomic mass is 19.1. The van der Waals surface area contributed by atoms with Crippen LogP contribution in [0.25, 0.3) is 0 Å². The number of amides is 1. The number of anilines is 1. The van der Waals surface area contributed by atoms with Crippen LogP contribution in [0.3, 0.4) is 0 Å². The first-order valence-electron chi connectivity index (χ1n) is 9.04. The highest BCUT2D eigenvalue weighted by Crippen LogP contribution is 2.24. The molecule has 0 saturated carbocycles. The smallest absolute Gasteiger partial charge is 0.276 e. The van der Waals surface area contributed by atoms with Crippen LogP contribution in [-0.2, 0) is 19.4 Å². The predicted octanol–water partition coefficient (Wildman–Crippen LogP) is 4.26. The van der Waals surface area contributed by atoms with E-state index in [-0.39, 0.29) is 11.7 Å². The first kappa shape index (κ1) is 17.3. The van der Waals surface area contributed by atoms with Gasteiger partial charge in [0.1, 0.15) is 18.2 Å². The molecule has 0 atom stereocenters. The SMILES string of the molecule is O=C(Nc1cccc(OCc2ccc(F)cc2)c1)c1n[nH]c2c1CCCC2. The zero-order chi connectivity index (χ0) is 18.6. The molecule has 0 aliphatic heterocycles. The lowest BCUT2D eigenvalue weighted by molar-refractivity contribution is 0.102. The number of carbonyl (C=O) groups is 1. The number of ether oxygens (including phenoxy) is 1. The summed E-state index contributed by atoms with van der Waals surface area (Å²) in [6.07, 6.45) is 4.04. The fraction of sp³-hybridized carbons (Fsp3) is 0.238. The van der Waals surface area contributed by atoms with Crippen molar-refractivity contribution >= 4 is 11.6 Å². The zero-order valence-electron chi connectivity index (χ0n) is 14.8. The van der Waals surface area contributed by atoms with Crippen molar-refractivity contribution in [2.24, 2.45) is 0 Å². The highest BCUT2D eigenvalue weighted by Gasteiger charge is 2.21. The standard InChI is InChI=1S/C21H20FN3O2/c22-15-10-8-14(9-11-15)13-27-17-5-3-4-16(12-17)23-21(26)20-18-6-1-2-7-19(18)24-25-20/h3-5,8-12H,1-2,6-7,13H2,(H,23,26)(H,24,25). The van der Waals surface area contributed by atoms with E-state index in [9.17, 15) is 9.18 Å². The van der Waals surface area contributed by atoms with Crippen LogP contribution in [0.1, 0.15) is 40.2 Å². The molecule has 6 heteroatoms. The Labute approximate surface area is 156 Å². The number of benzene rings is 2. The lowest BCUT2D eigenvalue weighted by Gasteiger charge is -2.12. The first-order valence-corrected chi connectivity index (χ1v) is 9.04. The molecular weight excluding hydrogens is 345 g/mol. The van der Waals surface area contributed by atoms with Crippen LogP contribution >= 0.6 is 0 Å². The molecule has 1 heterocycles. The number of fused-ring (bicyclic) bond motifs is 1. The minimum Gasteiger partial charge on any atom is -0.489 e. The van der Waals surface area contributed by atoms with Gasteiger partial charge in [0.05, 0.1) is 0 Å². The molecule has 1 aliphatic carbocycles. The Bertz CT molecular complexity index is 950. The van der Waals surface area contributed by atoms with Gasteiger partial charge < -0.3 is 10.1 Å². The molecule has 5 nitrogen and oxygen atoms in total. The van der Waals surface area contributed by atoms with E-state index in [1.165, 1.54) is 12.1 Å². The van der Waals surface area contributed by atoms with E-state index in [1.807, 2.05) is 18.2 Å². The van der Waals surface area contributed by atoms with Crippen LogP contribution in [-0.4, -0.2) is 16.1 Å². The number of carbonyl (C=O) groups excluding carboxylic acids is 1. The van der Waals surface area contributed by atoms with Crippen LogP contribution in [0, 0.1) is 5.82 Å². The van der Waals surface area contributed by atoms with Crippen molar-refractivity contribution in [2.75, 3.05) is 5.32 Å². The van der Waals surface area contributed by atoms with E-state index in [0.29, 0.717) is 23.7 Å². The number of aromatic nitrogens is 2.